The smallest absolute Gasteiger partial charge is 0.303 e. The van der Waals surface area contributed by atoms with Gasteiger partial charge in [-0.2, -0.15) is 4.98 Å². The number of piperazine rings is 1. The van der Waals surface area contributed by atoms with E-state index in [1.165, 1.54) is 11.3 Å². The maximum Gasteiger partial charge on any atom is 0.303 e. The maximum absolute atomic E-state index is 11.0. The molecule has 0 N–H and O–H groups in total. The number of nitrogens with zero attached hydrogens (tertiary/aromatic N) is 5. The molecule has 1 saturated heterocycles. The molecule has 2 aromatic heterocycles. The number of ether oxygens (including phenoxy) is 1. The van der Waals surface area contributed by atoms with Crippen LogP contribution in [0.2, 0.25) is 0 Å². The number of hydrogen-bond acceptors (Lipinski definition) is 8. The fourth-order valence-corrected chi connectivity index (χ4v) is 3.32. The molecular weight excluding hydrogens is 306 g/mol. The first-order valence-electron chi connectivity index (χ1n) is 6.77. The van der Waals surface area contributed by atoms with Gasteiger partial charge in [-0.15, -0.1) is 11.3 Å². The molecule has 3 heterocycles. The molecule has 0 radical (unpaired) electrons. The third kappa shape index (κ3) is 2.80. The molecule has 0 aliphatic carbocycles. The first kappa shape index (κ1) is 14.5. The summed E-state index contributed by atoms with van der Waals surface area (Å²) in [4.78, 5) is 23.3. The Morgan fingerprint density at radius 1 is 1.27 bits per heavy atom. The van der Waals surface area contributed by atoms with Crippen molar-refractivity contribution < 1.29 is 9.66 Å². The molecule has 1 fully saturated rings. The lowest BCUT2D eigenvalue weighted by Gasteiger charge is -2.35. The molecule has 0 aromatic carbocycles. The highest BCUT2D eigenvalue weighted by atomic mass is 32.1. The van der Waals surface area contributed by atoms with Crippen molar-refractivity contribution in [1.29, 1.82) is 0 Å². The first-order chi connectivity index (χ1) is 10.7. The molecule has 0 atom stereocenters. The quantitative estimate of drug-likeness (QED) is 0.627. The Morgan fingerprint density at radius 3 is 2.68 bits per heavy atom. The van der Waals surface area contributed by atoms with Gasteiger partial charge in [0.15, 0.2) is 10.8 Å². The van der Waals surface area contributed by atoms with E-state index in [4.69, 9.17) is 4.74 Å². The Kier molecular flexibility index (Phi) is 4.05. The van der Waals surface area contributed by atoms with Crippen molar-refractivity contribution in [2.45, 2.75) is 0 Å². The third-order valence-electron chi connectivity index (χ3n) is 3.52. The molecule has 0 unspecified atom stereocenters. The summed E-state index contributed by atoms with van der Waals surface area (Å²) in [6.45, 7) is 2.88. The van der Waals surface area contributed by atoms with Crippen LogP contribution < -0.4 is 14.5 Å². The Bertz CT molecular complexity index is 669. The van der Waals surface area contributed by atoms with E-state index in [1.54, 1.807) is 30.9 Å². The van der Waals surface area contributed by atoms with Crippen LogP contribution in [0.15, 0.2) is 23.8 Å². The van der Waals surface area contributed by atoms with Gasteiger partial charge in [-0.1, -0.05) is 0 Å². The van der Waals surface area contributed by atoms with Gasteiger partial charge in [0.2, 0.25) is 5.88 Å². The Labute approximate surface area is 131 Å². The van der Waals surface area contributed by atoms with Crippen molar-refractivity contribution in [3.8, 4) is 5.88 Å². The fourth-order valence-electron chi connectivity index (χ4n) is 2.40. The average molecular weight is 321 g/mol. The Morgan fingerprint density at radius 2 is 2.00 bits per heavy atom. The van der Waals surface area contributed by atoms with Crippen LogP contribution in [0, 0.1) is 10.1 Å². The summed E-state index contributed by atoms with van der Waals surface area (Å²) in [5.74, 6) is 1.24. The van der Waals surface area contributed by atoms with E-state index in [0.717, 1.165) is 23.9 Å². The molecule has 1 aliphatic heterocycles. The van der Waals surface area contributed by atoms with Gasteiger partial charge >= 0.3 is 5.69 Å². The number of anilines is 2. The topological polar surface area (TPSA) is 84.6 Å². The fraction of sp³-hybridized carbons (Fsp3) is 0.385. The maximum atomic E-state index is 11.0. The zero-order valence-corrected chi connectivity index (χ0v) is 12.8. The van der Waals surface area contributed by atoms with Crippen molar-refractivity contribution in [3.05, 3.63) is 34.0 Å². The number of nitro groups is 1. The van der Waals surface area contributed by atoms with E-state index in [0.29, 0.717) is 19.0 Å². The molecule has 116 valence electrons. The predicted octanol–water partition coefficient (Wildman–Crippen LogP) is 1.78. The van der Waals surface area contributed by atoms with Crippen molar-refractivity contribution in [2.24, 2.45) is 0 Å². The van der Waals surface area contributed by atoms with E-state index in [1.807, 2.05) is 4.90 Å². The average Bonchev–Trinajstić information content (AvgIpc) is 3.05. The molecule has 8 nitrogen and oxygen atoms in total. The highest BCUT2D eigenvalue weighted by Crippen LogP contribution is 2.34. The minimum absolute atomic E-state index is 0.180. The second kappa shape index (κ2) is 6.14. The van der Waals surface area contributed by atoms with Crippen molar-refractivity contribution >= 4 is 27.8 Å². The second-order valence-corrected chi connectivity index (χ2v) is 5.66. The molecule has 22 heavy (non-hydrogen) atoms. The Hall–Kier alpha value is -2.42. The summed E-state index contributed by atoms with van der Waals surface area (Å²) in [6.07, 6.45) is 3.26. The lowest BCUT2D eigenvalue weighted by atomic mass is 10.3. The SMILES string of the molecule is COc1cncc(N2CCN(c3sccc3[N+](=O)[O-])CC2)n1. The number of aromatic nitrogens is 2. The number of thiophene rings is 1. The Balaban J connectivity index is 1.69. The van der Waals surface area contributed by atoms with E-state index >= 15 is 0 Å². The summed E-state index contributed by atoms with van der Waals surface area (Å²) >= 11 is 1.41. The number of hydrogen-bond donors (Lipinski definition) is 0. The normalized spacial score (nSPS) is 15.0. The minimum Gasteiger partial charge on any atom is -0.480 e. The molecule has 1 aliphatic rings. The van der Waals surface area contributed by atoms with E-state index < -0.39 is 0 Å². The minimum atomic E-state index is -0.328. The molecule has 9 heteroatoms. The van der Waals surface area contributed by atoms with Gasteiger partial charge in [0.1, 0.15) is 0 Å². The van der Waals surface area contributed by atoms with Gasteiger partial charge in [0.25, 0.3) is 0 Å². The molecular formula is C13H15N5O3S. The summed E-state index contributed by atoms with van der Waals surface area (Å²) in [6, 6.07) is 1.56. The van der Waals surface area contributed by atoms with Crippen LogP contribution in [-0.4, -0.2) is 48.2 Å². The van der Waals surface area contributed by atoms with Crippen molar-refractivity contribution in [3.63, 3.8) is 0 Å². The van der Waals surface area contributed by atoms with Crippen LogP contribution in [0.4, 0.5) is 16.5 Å². The highest BCUT2D eigenvalue weighted by Gasteiger charge is 2.25. The van der Waals surface area contributed by atoms with Crippen LogP contribution in [-0.2, 0) is 0 Å². The van der Waals surface area contributed by atoms with Crippen molar-refractivity contribution in [1.82, 2.24) is 9.97 Å². The number of methoxy groups -OCH3 is 1. The van der Waals surface area contributed by atoms with E-state index in [2.05, 4.69) is 14.9 Å². The van der Waals surface area contributed by atoms with Crippen LogP contribution in [0.5, 0.6) is 5.88 Å². The van der Waals surface area contributed by atoms with Crippen LogP contribution in [0.3, 0.4) is 0 Å². The van der Waals surface area contributed by atoms with Gasteiger partial charge in [-0.3, -0.25) is 15.1 Å². The molecule has 0 saturated carbocycles. The monoisotopic (exact) mass is 321 g/mol. The van der Waals surface area contributed by atoms with Crippen LogP contribution in [0.1, 0.15) is 0 Å². The van der Waals surface area contributed by atoms with Crippen molar-refractivity contribution in [2.75, 3.05) is 43.1 Å². The molecule has 0 amide bonds. The third-order valence-corrected chi connectivity index (χ3v) is 4.48. The second-order valence-electron chi connectivity index (χ2n) is 4.76. The van der Waals surface area contributed by atoms with E-state index in [-0.39, 0.29) is 10.6 Å². The van der Waals surface area contributed by atoms with Gasteiger partial charge in [0.05, 0.1) is 24.4 Å². The van der Waals surface area contributed by atoms with Gasteiger partial charge in [-0.25, -0.2) is 0 Å². The van der Waals surface area contributed by atoms with Crippen LogP contribution >= 0.6 is 11.3 Å². The largest absolute Gasteiger partial charge is 0.480 e. The highest BCUT2D eigenvalue weighted by molar-refractivity contribution is 7.14. The molecule has 2 aromatic rings. The molecule has 0 spiro atoms. The predicted molar refractivity (Wildman–Crippen MR) is 84.0 cm³/mol. The summed E-state index contributed by atoms with van der Waals surface area (Å²) < 4.78 is 5.08. The lowest BCUT2D eigenvalue weighted by molar-refractivity contribution is -0.383. The standard InChI is InChI=1S/C13H15N5O3S/c1-21-12-9-14-8-11(15-12)16-3-5-17(6-4-16)13-10(18(19)20)2-7-22-13/h2,7-9H,3-6H2,1H3. The van der Waals surface area contributed by atoms with Gasteiger partial charge in [-0.05, 0) is 5.38 Å². The zero-order chi connectivity index (χ0) is 15.5. The van der Waals surface area contributed by atoms with Gasteiger partial charge < -0.3 is 14.5 Å². The summed E-state index contributed by atoms with van der Waals surface area (Å²) in [5.41, 5.74) is 0.180. The van der Waals surface area contributed by atoms with Crippen LogP contribution in [0.25, 0.3) is 0 Å². The summed E-state index contributed by atoms with van der Waals surface area (Å²) in [5, 5.41) is 13.5. The summed E-state index contributed by atoms with van der Waals surface area (Å²) in [7, 11) is 1.56. The molecule has 3 rings (SSSR count). The lowest BCUT2D eigenvalue weighted by Crippen LogP contribution is -2.46. The van der Waals surface area contributed by atoms with Gasteiger partial charge in [0, 0.05) is 32.2 Å². The first-order valence-corrected chi connectivity index (χ1v) is 7.65. The number of rotatable bonds is 4. The zero-order valence-electron chi connectivity index (χ0n) is 12.0. The van der Waals surface area contributed by atoms with E-state index in [9.17, 15) is 10.1 Å². The molecule has 0 bridgehead atoms.